The molecule has 2 radical (unpaired) electrons. The van der Waals surface area contributed by atoms with Gasteiger partial charge in [-0.2, -0.15) is 0 Å². The van der Waals surface area contributed by atoms with E-state index < -0.39 is 7.92 Å². The maximum atomic E-state index is 4.81. The third-order valence-corrected chi connectivity index (χ3v) is 8.05. The van der Waals surface area contributed by atoms with Gasteiger partial charge in [0.05, 0.1) is 6.42 Å². The average Bonchev–Trinajstić information content (AvgIpc) is 3.78. The molecule has 5 aromatic carbocycles. The van der Waals surface area contributed by atoms with Crippen LogP contribution in [0.25, 0.3) is 11.1 Å². The monoisotopic (exact) mass is 628 g/mol. The van der Waals surface area contributed by atoms with Crippen molar-refractivity contribution in [3.05, 3.63) is 169 Å². The van der Waals surface area contributed by atoms with Crippen LogP contribution in [-0.4, -0.2) is 0 Å². The number of allylic oxidation sites excluding steroid dienone is 2. The molecule has 1 aliphatic carbocycles. The minimum Gasteiger partial charge on any atom is -0.0622 e. The molecule has 0 unspecified atom stereocenters. The van der Waals surface area contributed by atoms with Crippen molar-refractivity contribution < 1.29 is 15.9 Å². The van der Waals surface area contributed by atoms with Crippen molar-refractivity contribution in [2.24, 2.45) is 0 Å². The third-order valence-electron chi connectivity index (χ3n) is 5.61. The molecule has 0 aromatic heterocycles. The van der Waals surface area contributed by atoms with Crippen LogP contribution in [0.2, 0.25) is 0 Å². The quantitative estimate of drug-likeness (QED) is 0.135. The fraction of sp³-hybridized carbons (Fsp3) is 0. The summed E-state index contributed by atoms with van der Waals surface area (Å²) >= 11 is -0.106. The van der Waals surface area contributed by atoms with Crippen molar-refractivity contribution in [3.8, 4) is 0 Å². The zero-order valence-electron chi connectivity index (χ0n) is 20.0. The van der Waals surface area contributed by atoms with Crippen LogP contribution in [0.3, 0.4) is 0 Å². The van der Waals surface area contributed by atoms with Crippen molar-refractivity contribution in [3.63, 3.8) is 0 Å². The van der Waals surface area contributed by atoms with E-state index in [0.717, 1.165) is 0 Å². The molecule has 0 nitrogen and oxygen atoms in total. The van der Waals surface area contributed by atoms with Gasteiger partial charge in [0.1, 0.15) is 0 Å². The number of hydrogen-bond donors (Lipinski definition) is 0. The van der Waals surface area contributed by atoms with Crippen molar-refractivity contribution in [1.29, 1.82) is 0 Å². The van der Waals surface area contributed by atoms with Gasteiger partial charge in [-0.25, -0.2) is 0 Å². The van der Waals surface area contributed by atoms with Gasteiger partial charge in [0, 0.05) is 0 Å². The fourth-order valence-corrected chi connectivity index (χ4v) is 6.22. The SMILES string of the molecule is [C]1C(c2ccccc2)=C1c1ccccc1.[Cl][Pd][Cl].c1ccc(P(c2ccccc2)c2ccccc2)cc1. The van der Waals surface area contributed by atoms with E-state index in [2.05, 4.69) is 146 Å². The summed E-state index contributed by atoms with van der Waals surface area (Å²) in [5.41, 5.74) is 5.02. The van der Waals surface area contributed by atoms with Crippen LogP contribution < -0.4 is 15.9 Å². The summed E-state index contributed by atoms with van der Waals surface area (Å²) in [5.74, 6) is 0. The average molecular weight is 630 g/mol. The van der Waals surface area contributed by atoms with Crippen molar-refractivity contribution >= 4 is 54.0 Å². The molecular formula is C33H25Cl2PPd. The predicted molar refractivity (Wildman–Crippen MR) is 160 cm³/mol. The molecule has 6 rings (SSSR count). The molecule has 37 heavy (non-hydrogen) atoms. The van der Waals surface area contributed by atoms with Gasteiger partial charge in [-0.15, -0.1) is 0 Å². The molecule has 0 bridgehead atoms. The predicted octanol–water partition coefficient (Wildman–Crippen LogP) is 8.51. The second kappa shape index (κ2) is 15.1. The van der Waals surface area contributed by atoms with Gasteiger partial charge in [0.25, 0.3) is 0 Å². The minimum absolute atomic E-state index is 0.106. The first-order valence-electron chi connectivity index (χ1n) is 11.7. The Balaban J connectivity index is 0.000000160. The molecule has 1 aliphatic rings. The topological polar surface area (TPSA) is 0 Å². The molecular weight excluding hydrogens is 605 g/mol. The maximum absolute atomic E-state index is 4.81. The molecule has 5 aromatic rings. The van der Waals surface area contributed by atoms with Crippen LogP contribution in [0.4, 0.5) is 0 Å². The van der Waals surface area contributed by atoms with E-state index in [1.807, 2.05) is 12.1 Å². The van der Waals surface area contributed by atoms with Gasteiger partial charge in [-0.05, 0) is 46.1 Å². The third kappa shape index (κ3) is 8.25. The summed E-state index contributed by atoms with van der Waals surface area (Å²) in [5, 5.41) is 4.19. The molecule has 0 amide bonds. The largest absolute Gasteiger partial charge is 0.0622 e. The number of hydrogen-bond acceptors (Lipinski definition) is 0. The Morgan fingerprint density at radius 1 is 0.405 bits per heavy atom. The van der Waals surface area contributed by atoms with Gasteiger partial charge < -0.3 is 0 Å². The maximum Gasteiger partial charge on any atom is -0.0134 e. The fourth-order valence-electron chi connectivity index (χ4n) is 3.91. The molecule has 0 saturated heterocycles. The van der Waals surface area contributed by atoms with Crippen LogP contribution >= 0.6 is 27.0 Å². The molecule has 0 N–H and O–H groups in total. The van der Waals surface area contributed by atoms with Crippen LogP contribution in [0.1, 0.15) is 11.1 Å². The molecule has 4 heteroatoms. The second-order valence-electron chi connectivity index (χ2n) is 7.99. The Bertz CT molecular complexity index is 1220. The van der Waals surface area contributed by atoms with Gasteiger partial charge >= 0.3 is 35.0 Å². The Morgan fingerprint density at radius 2 is 0.649 bits per heavy atom. The normalized spacial score (nSPS) is 11.8. The Labute approximate surface area is 237 Å². The second-order valence-corrected chi connectivity index (χ2v) is 12.6. The van der Waals surface area contributed by atoms with Gasteiger partial charge in [-0.1, -0.05) is 152 Å². The molecule has 0 spiro atoms. The van der Waals surface area contributed by atoms with Crippen molar-refractivity contribution in [2.45, 2.75) is 0 Å². The summed E-state index contributed by atoms with van der Waals surface area (Å²) in [4.78, 5) is 0. The summed E-state index contributed by atoms with van der Waals surface area (Å²) in [6, 6.07) is 53.1. The first-order valence-corrected chi connectivity index (χ1v) is 17.1. The van der Waals surface area contributed by atoms with Crippen LogP contribution in [-0.2, 0) is 15.9 Å². The van der Waals surface area contributed by atoms with Gasteiger partial charge in [-0.3, -0.25) is 0 Å². The number of benzene rings is 5. The first kappa shape index (κ1) is 27.5. The Morgan fingerprint density at radius 3 is 0.919 bits per heavy atom. The molecule has 0 saturated carbocycles. The van der Waals surface area contributed by atoms with Gasteiger partial charge in [0.15, 0.2) is 0 Å². The van der Waals surface area contributed by atoms with E-state index in [1.54, 1.807) is 0 Å². The molecule has 0 aliphatic heterocycles. The zero-order valence-corrected chi connectivity index (χ0v) is 23.9. The van der Waals surface area contributed by atoms with E-state index >= 15 is 0 Å². The smallest absolute Gasteiger partial charge is 0.0134 e. The van der Waals surface area contributed by atoms with E-state index in [0.29, 0.717) is 0 Å². The number of halogens is 2. The Hall–Kier alpha value is -2.49. The van der Waals surface area contributed by atoms with Crippen molar-refractivity contribution in [1.82, 2.24) is 0 Å². The van der Waals surface area contributed by atoms with Crippen LogP contribution in [0.5, 0.6) is 0 Å². The Kier molecular flexibility index (Phi) is 11.2. The first-order chi connectivity index (χ1) is 18.3. The molecule has 0 fully saturated rings. The van der Waals surface area contributed by atoms with E-state index in [1.165, 1.54) is 38.2 Å². The molecule has 186 valence electrons. The standard InChI is InChI=1S/C18H15P.C15H10.2ClH.Pd/c1-4-10-16(11-5-1)19(17-12-6-2-7-13-17)18-14-8-3-9-15-18;1-3-7-12(8-4-1)14-11-15(14)13-9-5-2-6-10-13;;;/h1-15H;1-10H;2*1H;/q;;;;+2/p-2. The van der Waals surface area contributed by atoms with E-state index in [4.69, 9.17) is 19.1 Å². The van der Waals surface area contributed by atoms with Crippen LogP contribution in [0.15, 0.2) is 152 Å². The van der Waals surface area contributed by atoms with Crippen molar-refractivity contribution in [2.75, 3.05) is 0 Å². The number of rotatable bonds is 5. The summed E-state index contributed by atoms with van der Waals surface area (Å²) in [6.45, 7) is 0. The van der Waals surface area contributed by atoms with E-state index in [9.17, 15) is 0 Å². The minimum atomic E-state index is -0.446. The summed E-state index contributed by atoms with van der Waals surface area (Å²) < 4.78 is 0. The molecule has 0 heterocycles. The van der Waals surface area contributed by atoms with Gasteiger partial charge in [0.2, 0.25) is 0 Å². The van der Waals surface area contributed by atoms with E-state index in [-0.39, 0.29) is 15.9 Å². The molecule has 0 atom stereocenters. The summed E-state index contributed by atoms with van der Waals surface area (Å²) in [7, 11) is 9.18. The van der Waals surface area contributed by atoms with Crippen LogP contribution in [0, 0.1) is 6.42 Å². The summed E-state index contributed by atoms with van der Waals surface area (Å²) in [6.07, 6.45) is 3.33. The zero-order chi connectivity index (χ0) is 25.7.